The van der Waals surface area contributed by atoms with Gasteiger partial charge >= 0.3 is 0 Å². The molecular formula is C9H10NO4S. The maximum absolute atomic E-state index is 10.6. The summed E-state index contributed by atoms with van der Waals surface area (Å²) in [5, 5.41) is 9.50. The summed E-state index contributed by atoms with van der Waals surface area (Å²) in [6.07, 6.45) is -1.15. The minimum Gasteiger partial charge on any atom is -0.366 e. The van der Waals surface area contributed by atoms with E-state index in [1.807, 2.05) is 0 Å². The lowest BCUT2D eigenvalue weighted by Crippen LogP contribution is -2.36. The van der Waals surface area contributed by atoms with Crippen molar-refractivity contribution in [1.29, 1.82) is 0 Å². The van der Waals surface area contributed by atoms with Gasteiger partial charge in [0.15, 0.2) is 6.29 Å². The number of rotatable bonds is 2. The van der Waals surface area contributed by atoms with Crippen LogP contribution in [-0.4, -0.2) is 19.8 Å². The molecule has 0 bridgehead atoms. The Morgan fingerprint density at radius 3 is 3.13 bits per heavy atom. The van der Waals surface area contributed by atoms with Crippen molar-refractivity contribution in [3.05, 3.63) is 35.4 Å². The molecule has 2 atom stereocenters. The molecule has 2 unspecified atom stereocenters. The number of nitrogens with one attached hydrogen (secondary N) is 1. The van der Waals surface area contributed by atoms with Gasteiger partial charge in [0.2, 0.25) is 10.9 Å². The van der Waals surface area contributed by atoms with Crippen LogP contribution in [0.2, 0.25) is 0 Å². The Balaban J connectivity index is 2.36. The van der Waals surface area contributed by atoms with Gasteiger partial charge < -0.3 is 9.84 Å². The van der Waals surface area contributed by atoms with Crippen molar-refractivity contribution in [3.63, 3.8) is 0 Å². The van der Waals surface area contributed by atoms with E-state index in [0.29, 0.717) is 5.56 Å². The van der Waals surface area contributed by atoms with Gasteiger partial charge in [0.1, 0.15) is 0 Å². The summed E-state index contributed by atoms with van der Waals surface area (Å²) in [5.74, 6) is 0. The molecule has 2 rings (SSSR count). The van der Waals surface area contributed by atoms with Crippen molar-refractivity contribution in [2.24, 2.45) is 0 Å². The van der Waals surface area contributed by atoms with E-state index in [0.717, 1.165) is 5.56 Å². The summed E-state index contributed by atoms with van der Waals surface area (Å²) in [7, 11) is -2.78. The first-order valence-corrected chi connectivity index (χ1v) is 5.55. The number of hydrogen-bond acceptors (Lipinski definition) is 4. The summed E-state index contributed by atoms with van der Waals surface area (Å²) in [6, 6.07) is 7.25. The largest absolute Gasteiger partial charge is 0.366 e. The number of aliphatic hydroxyl groups is 1. The van der Waals surface area contributed by atoms with Crippen LogP contribution in [0.5, 0.6) is 0 Å². The third-order valence-corrected chi connectivity index (χ3v) is 2.75. The lowest BCUT2D eigenvalue weighted by atomic mass is 9.99. The molecule has 0 aromatic heterocycles. The predicted molar refractivity (Wildman–Crippen MR) is 52.3 cm³/mol. The fourth-order valence-corrected chi connectivity index (χ4v) is 2.06. The van der Waals surface area contributed by atoms with Crippen LogP contribution in [0.4, 0.5) is 0 Å². The molecule has 0 fully saturated rings. The molecule has 1 radical (unpaired) electrons. The molecule has 1 aliphatic heterocycles. The highest BCUT2D eigenvalue weighted by molar-refractivity contribution is 7.70. The van der Waals surface area contributed by atoms with Gasteiger partial charge in [0.25, 0.3) is 0 Å². The van der Waals surface area contributed by atoms with Crippen LogP contribution < -0.4 is 4.72 Å². The van der Waals surface area contributed by atoms with Gasteiger partial charge in [-0.2, -0.15) is 0 Å². The van der Waals surface area contributed by atoms with E-state index in [4.69, 9.17) is 4.74 Å². The monoisotopic (exact) mass is 228 g/mol. The number of aliphatic hydroxyl groups excluding tert-OH is 1. The van der Waals surface area contributed by atoms with Crippen LogP contribution in [0.15, 0.2) is 18.2 Å². The van der Waals surface area contributed by atoms with Gasteiger partial charge in [-0.05, 0) is 23.3 Å². The molecule has 1 aliphatic rings. The van der Waals surface area contributed by atoms with E-state index in [1.54, 1.807) is 18.2 Å². The molecule has 1 aromatic carbocycles. The number of ether oxygens (including phenoxy) is 1. The highest BCUT2D eigenvalue weighted by atomic mass is 32.2. The minimum absolute atomic E-state index is 0.277. The van der Waals surface area contributed by atoms with Gasteiger partial charge in [-0.1, -0.05) is 12.1 Å². The van der Waals surface area contributed by atoms with E-state index in [9.17, 15) is 13.5 Å². The lowest BCUT2D eigenvalue weighted by Gasteiger charge is -2.29. The predicted octanol–water partition coefficient (Wildman–Crippen LogP) is -0.508. The average Bonchev–Trinajstić information content (AvgIpc) is 2.22. The van der Waals surface area contributed by atoms with Crippen molar-refractivity contribution < 1.29 is 18.3 Å². The smallest absolute Gasteiger partial charge is 0.202 e. The van der Waals surface area contributed by atoms with E-state index in [1.165, 1.54) is 0 Å². The fourth-order valence-electron chi connectivity index (χ4n) is 1.57. The van der Waals surface area contributed by atoms with Gasteiger partial charge in [0.05, 0.1) is 12.6 Å². The van der Waals surface area contributed by atoms with E-state index < -0.39 is 23.2 Å². The summed E-state index contributed by atoms with van der Waals surface area (Å²) >= 11 is 0. The molecule has 0 spiro atoms. The molecule has 0 amide bonds. The molecular weight excluding hydrogens is 218 g/mol. The Kier molecular flexibility index (Phi) is 3.01. The Hall–Kier alpha value is -0.950. The average molecular weight is 228 g/mol. The van der Waals surface area contributed by atoms with Gasteiger partial charge in [-0.25, -0.2) is 13.1 Å². The molecule has 0 aliphatic carbocycles. The third kappa shape index (κ3) is 2.18. The Morgan fingerprint density at radius 1 is 1.60 bits per heavy atom. The highest BCUT2D eigenvalue weighted by Crippen LogP contribution is 2.27. The number of fused-ring (bicyclic) bond motifs is 1. The summed E-state index contributed by atoms with van der Waals surface area (Å²) in [5.41, 5.74) is 1.56. The lowest BCUT2D eigenvalue weighted by molar-refractivity contribution is -0.135. The summed E-state index contributed by atoms with van der Waals surface area (Å²) in [6.45, 7) is 0.277. The zero-order chi connectivity index (χ0) is 10.8. The zero-order valence-corrected chi connectivity index (χ0v) is 8.61. The van der Waals surface area contributed by atoms with Crippen LogP contribution in [0.3, 0.4) is 0 Å². The van der Waals surface area contributed by atoms with Crippen LogP contribution in [0, 0.1) is 6.07 Å². The maximum Gasteiger partial charge on any atom is 0.202 e. The van der Waals surface area contributed by atoms with Crippen LogP contribution in [-0.2, 0) is 22.2 Å². The Labute approximate surface area is 88.8 Å². The molecule has 0 saturated carbocycles. The SMILES string of the molecule is O=[SH](=O)NC1c2c[c]ccc2COC1O. The topological polar surface area (TPSA) is 75.6 Å². The van der Waals surface area contributed by atoms with Gasteiger partial charge in [0, 0.05) is 0 Å². The Bertz CT molecular complexity index is 424. The second-order valence-electron chi connectivity index (χ2n) is 3.19. The standard InChI is InChI=1S/C9H10NO4S/c11-9-8(10-15(12)13)7-4-2-1-3-6(7)5-14-9/h1,3-4,8-9,11,15H,5H2,(H,10,12,13). The normalized spacial score (nSPS) is 25.2. The van der Waals surface area contributed by atoms with Crippen LogP contribution in [0.25, 0.3) is 0 Å². The molecule has 1 aromatic rings. The molecule has 15 heavy (non-hydrogen) atoms. The highest BCUT2D eigenvalue weighted by Gasteiger charge is 2.28. The third-order valence-electron chi connectivity index (χ3n) is 2.26. The van der Waals surface area contributed by atoms with Crippen molar-refractivity contribution in [2.45, 2.75) is 18.9 Å². The zero-order valence-electron chi connectivity index (χ0n) is 7.71. The summed E-state index contributed by atoms with van der Waals surface area (Å²) in [4.78, 5) is 0. The second kappa shape index (κ2) is 4.28. The van der Waals surface area contributed by atoms with E-state index in [-0.39, 0.29) is 6.61 Å². The minimum atomic E-state index is -2.78. The molecule has 0 saturated heterocycles. The van der Waals surface area contributed by atoms with Crippen molar-refractivity contribution in [2.75, 3.05) is 0 Å². The first-order valence-electron chi connectivity index (χ1n) is 4.37. The van der Waals surface area contributed by atoms with Gasteiger partial charge in [-0.15, -0.1) is 0 Å². The van der Waals surface area contributed by atoms with Gasteiger partial charge in [-0.3, -0.25) is 0 Å². The second-order valence-corrected chi connectivity index (χ2v) is 3.96. The molecule has 2 N–H and O–H groups in total. The Morgan fingerprint density at radius 2 is 2.40 bits per heavy atom. The molecule has 5 nitrogen and oxygen atoms in total. The maximum atomic E-state index is 10.6. The molecule has 1 heterocycles. The summed E-state index contributed by atoms with van der Waals surface area (Å²) < 4.78 is 28.4. The van der Waals surface area contributed by atoms with E-state index >= 15 is 0 Å². The first-order chi connectivity index (χ1) is 7.18. The number of hydrogen-bond donors (Lipinski definition) is 3. The quantitative estimate of drug-likeness (QED) is 0.596. The van der Waals surface area contributed by atoms with Crippen molar-refractivity contribution in [3.8, 4) is 0 Å². The molecule has 81 valence electrons. The van der Waals surface area contributed by atoms with Crippen LogP contribution >= 0.6 is 0 Å². The van der Waals surface area contributed by atoms with Crippen molar-refractivity contribution >= 4 is 10.9 Å². The van der Waals surface area contributed by atoms with E-state index in [2.05, 4.69) is 10.8 Å². The first kappa shape index (κ1) is 10.6. The van der Waals surface area contributed by atoms with Crippen molar-refractivity contribution in [1.82, 2.24) is 4.72 Å². The number of benzene rings is 1. The fraction of sp³-hybridized carbons (Fsp3) is 0.333. The molecule has 6 heteroatoms. The van der Waals surface area contributed by atoms with Crippen LogP contribution in [0.1, 0.15) is 17.2 Å². The number of thiol groups is 1.